The van der Waals surface area contributed by atoms with Gasteiger partial charge >= 0.3 is 5.97 Å². The molecule has 0 aliphatic carbocycles. The molecule has 3 rings (SSSR count). The molecule has 0 saturated heterocycles. The van der Waals surface area contributed by atoms with E-state index < -0.39 is 17.9 Å². The number of carboxylic acids is 1. The first-order valence-electron chi connectivity index (χ1n) is 7.24. The lowest BCUT2D eigenvalue weighted by atomic mass is 10.1. The number of thioether (sulfide) groups is 1. The molecule has 6 nitrogen and oxygen atoms in total. The smallest absolute Gasteiger partial charge is 0.330 e. The van der Waals surface area contributed by atoms with Crippen molar-refractivity contribution in [2.45, 2.75) is 10.9 Å². The number of aliphatic carboxylic acids is 1. The van der Waals surface area contributed by atoms with Crippen LogP contribution < -0.4 is 10.2 Å². The molecule has 0 radical (unpaired) electrons. The number of rotatable bonds is 5. The highest BCUT2D eigenvalue weighted by Crippen LogP contribution is 2.34. The number of carboxylic acid groups (broad SMARTS) is 1. The lowest BCUT2D eigenvalue weighted by Gasteiger charge is -2.28. The number of carbonyl (C=O) groups is 3. The van der Waals surface area contributed by atoms with Crippen molar-refractivity contribution < 1.29 is 19.5 Å². The van der Waals surface area contributed by atoms with E-state index in [9.17, 15) is 19.5 Å². The van der Waals surface area contributed by atoms with Gasteiger partial charge in [-0.3, -0.25) is 9.59 Å². The first-order valence-corrected chi connectivity index (χ1v) is 9.90. The number of nitrogens with one attached hydrogen (secondary N) is 1. The zero-order valence-corrected chi connectivity index (χ0v) is 16.0. The molecule has 0 bridgehead atoms. The summed E-state index contributed by atoms with van der Waals surface area (Å²) in [6.45, 7) is -0.217. The maximum absolute atomic E-state index is 12.4. The van der Waals surface area contributed by atoms with E-state index in [1.807, 2.05) is 12.1 Å². The minimum Gasteiger partial charge on any atom is -0.479 e. The van der Waals surface area contributed by atoms with Gasteiger partial charge in [0, 0.05) is 4.90 Å². The van der Waals surface area contributed by atoms with E-state index in [2.05, 4.69) is 21.2 Å². The molecule has 2 N–H and O–H groups in total. The molecule has 0 spiro atoms. The lowest BCUT2D eigenvalue weighted by molar-refractivity contribution is -0.141. The SMILES string of the molecule is O=C(CN1C(=O)CSc2ccccc21)NC(C(=O)O)c1csc(Br)c1. The number of carbonyl (C=O) groups excluding carboxylic acids is 2. The molecule has 1 atom stereocenters. The second kappa shape index (κ2) is 7.59. The summed E-state index contributed by atoms with van der Waals surface area (Å²) in [4.78, 5) is 38.4. The van der Waals surface area contributed by atoms with Crippen molar-refractivity contribution in [3.63, 3.8) is 0 Å². The third-order valence-electron chi connectivity index (χ3n) is 3.58. The quantitative estimate of drug-likeness (QED) is 0.746. The van der Waals surface area contributed by atoms with Crippen LogP contribution >= 0.6 is 39.0 Å². The van der Waals surface area contributed by atoms with Crippen LogP contribution in [0.3, 0.4) is 0 Å². The van der Waals surface area contributed by atoms with Gasteiger partial charge in [-0.2, -0.15) is 0 Å². The zero-order chi connectivity index (χ0) is 18.0. The Balaban J connectivity index is 1.75. The largest absolute Gasteiger partial charge is 0.479 e. The van der Waals surface area contributed by atoms with Gasteiger partial charge in [0.05, 0.1) is 15.2 Å². The molecule has 1 unspecified atom stereocenters. The summed E-state index contributed by atoms with van der Waals surface area (Å²) in [6.07, 6.45) is 0. The number of anilines is 1. The number of hydrogen-bond acceptors (Lipinski definition) is 5. The van der Waals surface area contributed by atoms with Crippen molar-refractivity contribution in [3.8, 4) is 0 Å². The number of amides is 2. The third kappa shape index (κ3) is 4.05. The fourth-order valence-electron chi connectivity index (χ4n) is 2.44. The number of nitrogens with zero attached hydrogens (tertiary/aromatic N) is 1. The molecule has 2 aromatic rings. The normalized spacial score (nSPS) is 14.8. The highest BCUT2D eigenvalue weighted by molar-refractivity contribution is 9.11. The van der Waals surface area contributed by atoms with E-state index in [4.69, 9.17) is 0 Å². The maximum Gasteiger partial charge on any atom is 0.330 e. The molecule has 130 valence electrons. The van der Waals surface area contributed by atoms with Gasteiger partial charge in [0.1, 0.15) is 6.54 Å². The Labute approximate surface area is 160 Å². The molecule has 1 aromatic heterocycles. The predicted octanol–water partition coefficient (Wildman–Crippen LogP) is 2.89. The summed E-state index contributed by atoms with van der Waals surface area (Å²) in [5, 5.41) is 13.6. The van der Waals surface area contributed by atoms with Crippen LogP contribution in [0.5, 0.6) is 0 Å². The van der Waals surface area contributed by atoms with Crippen LogP contribution in [0.2, 0.25) is 0 Å². The van der Waals surface area contributed by atoms with Gasteiger partial charge in [-0.05, 0) is 45.1 Å². The fraction of sp³-hybridized carbons (Fsp3) is 0.188. The Morgan fingerprint density at radius 2 is 2.12 bits per heavy atom. The first-order chi connectivity index (χ1) is 12.0. The monoisotopic (exact) mass is 440 g/mol. The Kier molecular flexibility index (Phi) is 5.45. The van der Waals surface area contributed by atoms with Crippen molar-refractivity contribution >= 4 is 62.5 Å². The van der Waals surface area contributed by atoms with Crippen LogP contribution in [0.1, 0.15) is 11.6 Å². The number of halogens is 1. The Morgan fingerprint density at radius 3 is 2.80 bits per heavy atom. The lowest BCUT2D eigenvalue weighted by Crippen LogP contribution is -2.45. The number of para-hydroxylation sites is 1. The van der Waals surface area contributed by atoms with E-state index in [-0.39, 0.29) is 18.2 Å². The molecule has 0 fully saturated rings. The highest BCUT2D eigenvalue weighted by atomic mass is 79.9. The van der Waals surface area contributed by atoms with E-state index in [0.29, 0.717) is 11.3 Å². The number of thiophene rings is 1. The summed E-state index contributed by atoms with van der Waals surface area (Å²) in [7, 11) is 0. The van der Waals surface area contributed by atoms with Crippen LogP contribution in [0, 0.1) is 0 Å². The summed E-state index contributed by atoms with van der Waals surface area (Å²) >= 11 is 6.04. The number of fused-ring (bicyclic) bond motifs is 1. The van der Waals surface area contributed by atoms with Gasteiger partial charge < -0.3 is 15.3 Å². The van der Waals surface area contributed by atoms with Crippen molar-refractivity contribution in [2.24, 2.45) is 0 Å². The molecule has 9 heteroatoms. The first kappa shape index (κ1) is 18.0. The molecule has 2 heterocycles. The predicted molar refractivity (Wildman–Crippen MR) is 100 cm³/mol. The van der Waals surface area contributed by atoms with Crippen LogP contribution in [0.4, 0.5) is 5.69 Å². The van der Waals surface area contributed by atoms with Gasteiger partial charge in [0.2, 0.25) is 11.8 Å². The van der Waals surface area contributed by atoms with Gasteiger partial charge in [-0.15, -0.1) is 23.1 Å². The second-order valence-electron chi connectivity index (χ2n) is 5.26. The molecular formula is C16H13BrN2O4S2. The molecule has 2 amide bonds. The highest BCUT2D eigenvalue weighted by Gasteiger charge is 2.29. The van der Waals surface area contributed by atoms with Crippen LogP contribution in [-0.2, 0) is 14.4 Å². The summed E-state index contributed by atoms with van der Waals surface area (Å²) in [5.74, 6) is -1.60. The molecule has 25 heavy (non-hydrogen) atoms. The summed E-state index contributed by atoms with van der Waals surface area (Å²) < 4.78 is 0.778. The fourth-order valence-corrected chi connectivity index (χ4v) is 4.58. The van der Waals surface area contributed by atoms with Gasteiger partial charge in [-0.1, -0.05) is 12.1 Å². The Morgan fingerprint density at radius 1 is 1.36 bits per heavy atom. The number of benzene rings is 1. The van der Waals surface area contributed by atoms with E-state index in [1.165, 1.54) is 28.0 Å². The van der Waals surface area contributed by atoms with Crippen molar-refractivity contribution in [1.29, 1.82) is 0 Å². The van der Waals surface area contributed by atoms with Crippen LogP contribution in [0.25, 0.3) is 0 Å². The van der Waals surface area contributed by atoms with E-state index in [0.717, 1.165) is 8.68 Å². The second-order valence-corrected chi connectivity index (χ2v) is 8.57. The molecule has 0 saturated carbocycles. The van der Waals surface area contributed by atoms with E-state index in [1.54, 1.807) is 23.6 Å². The van der Waals surface area contributed by atoms with Crippen LogP contribution in [-0.4, -0.2) is 35.2 Å². The minimum atomic E-state index is -1.15. The van der Waals surface area contributed by atoms with Crippen LogP contribution in [0.15, 0.2) is 44.4 Å². The molecule has 1 aliphatic rings. The van der Waals surface area contributed by atoms with Gasteiger partial charge in [-0.25, -0.2) is 4.79 Å². The molecule has 1 aliphatic heterocycles. The van der Waals surface area contributed by atoms with Gasteiger partial charge in [0.25, 0.3) is 0 Å². The van der Waals surface area contributed by atoms with Gasteiger partial charge in [0.15, 0.2) is 6.04 Å². The van der Waals surface area contributed by atoms with Crippen molar-refractivity contribution in [2.75, 3.05) is 17.2 Å². The standard InChI is InChI=1S/C16H13BrN2O4S2/c17-12-5-9(7-25-12)15(16(22)23)18-13(20)6-19-10-3-1-2-4-11(10)24-8-14(19)21/h1-5,7,15H,6,8H2,(H,18,20)(H,22,23). The van der Waals surface area contributed by atoms with Crippen molar-refractivity contribution in [3.05, 3.63) is 45.1 Å². The zero-order valence-electron chi connectivity index (χ0n) is 12.8. The average Bonchev–Trinajstić information content (AvgIpc) is 3.01. The van der Waals surface area contributed by atoms with Crippen molar-refractivity contribution in [1.82, 2.24) is 5.32 Å². The Bertz CT molecular complexity index is 839. The van der Waals surface area contributed by atoms with E-state index >= 15 is 0 Å². The summed E-state index contributed by atoms with van der Waals surface area (Å²) in [5.41, 5.74) is 1.16. The third-order valence-corrected chi connectivity index (χ3v) is 6.15. The summed E-state index contributed by atoms with van der Waals surface area (Å²) in [6, 6.07) is 7.83. The number of hydrogen-bond donors (Lipinski definition) is 2. The minimum absolute atomic E-state index is 0.177. The maximum atomic E-state index is 12.4. The topological polar surface area (TPSA) is 86.7 Å². The Hall–Kier alpha value is -1.84. The molecule has 1 aromatic carbocycles. The molecular weight excluding hydrogens is 428 g/mol. The average molecular weight is 441 g/mol.